The van der Waals surface area contributed by atoms with E-state index in [1.54, 1.807) is 0 Å². The van der Waals surface area contributed by atoms with Gasteiger partial charge in [0.1, 0.15) is 0 Å². The SMILES string of the molecule is CCCC(=O)NC(=O)CCC. The van der Waals surface area contributed by atoms with Crippen molar-refractivity contribution in [2.24, 2.45) is 0 Å². The molecule has 0 atom stereocenters. The number of hydrogen-bond donors (Lipinski definition) is 1. The van der Waals surface area contributed by atoms with Crippen molar-refractivity contribution in [3.63, 3.8) is 0 Å². The molecule has 0 fully saturated rings. The molecule has 0 aliphatic carbocycles. The van der Waals surface area contributed by atoms with Gasteiger partial charge in [-0.05, 0) is 12.8 Å². The molecule has 0 spiro atoms. The second-order valence-corrected chi connectivity index (χ2v) is 2.47. The smallest absolute Gasteiger partial charge is 0.226 e. The fourth-order valence-electron chi connectivity index (χ4n) is 0.735. The van der Waals surface area contributed by atoms with E-state index in [0.29, 0.717) is 12.8 Å². The highest BCUT2D eigenvalue weighted by atomic mass is 16.2. The number of imide groups is 1. The number of carbonyl (C=O) groups excluding carboxylic acids is 2. The Labute approximate surface area is 67.2 Å². The molecule has 0 aromatic heterocycles. The van der Waals surface area contributed by atoms with Crippen molar-refractivity contribution in [3.05, 3.63) is 0 Å². The summed E-state index contributed by atoms with van der Waals surface area (Å²) in [6, 6.07) is 0. The van der Waals surface area contributed by atoms with E-state index in [-0.39, 0.29) is 11.8 Å². The van der Waals surface area contributed by atoms with Gasteiger partial charge in [0.25, 0.3) is 0 Å². The molecular formula is C8H15NO2. The Morgan fingerprint density at radius 3 is 1.64 bits per heavy atom. The van der Waals surface area contributed by atoms with Gasteiger partial charge < -0.3 is 0 Å². The van der Waals surface area contributed by atoms with Crippen LogP contribution in [0.5, 0.6) is 0 Å². The zero-order valence-electron chi connectivity index (χ0n) is 7.14. The predicted octanol–water partition coefficient (Wildman–Crippen LogP) is 1.23. The van der Waals surface area contributed by atoms with Gasteiger partial charge in [0, 0.05) is 12.8 Å². The maximum Gasteiger partial charge on any atom is 0.226 e. The lowest BCUT2D eigenvalue weighted by atomic mass is 10.3. The van der Waals surface area contributed by atoms with Crippen LogP contribution in [0, 0.1) is 0 Å². The van der Waals surface area contributed by atoms with Crippen LogP contribution in [0.3, 0.4) is 0 Å². The van der Waals surface area contributed by atoms with Crippen molar-refractivity contribution in [1.29, 1.82) is 0 Å². The van der Waals surface area contributed by atoms with E-state index in [0.717, 1.165) is 12.8 Å². The van der Waals surface area contributed by atoms with Gasteiger partial charge >= 0.3 is 0 Å². The zero-order chi connectivity index (χ0) is 8.69. The summed E-state index contributed by atoms with van der Waals surface area (Å²) in [5, 5.41) is 2.30. The molecule has 3 heteroatoms. The molecule has 0 heterocycles. The molecule has 11 heavy (non-hydrogen) atoms. The summed E-state index contributed by atoms with van der Waals surface area (Å²) in [5.41, 5.74) is 0. The molecule has 0 aromatic carbocycles. The first kappa shape index (κ1) is 10.1. The van der Waals surface area contributed by atoms with E-state index in [2.05, 4.69) is 5.32 Å². The van der Waals surface area contributed by atoms with E-state index in [1.807, 2.05) is 13.8 Å². The van der Waals surface area contributed by atoms with Gasteiger partial charge in [0.05, 0.1) is 0 Å². The second-order valence-electron chi connectivity index (χ2n) is 2.47. The molecule has 3 nitrogen and oxygen atoms in total. The Balaban J connectivity index is 3.49. The molecular weight excluding hydrogens is 142 g/mol. The Morgan fingerprint density at radius 1 is 1.00 bits per heavy atom. The molecule has 0 aliphatic heterocycles. The summed E-state index contributed by atoms with van der Waals surface area (Å²) in [5.74, 6) is -0.322. The number of amides is 2. The monoisotopic (exact) mass is 157 g/mol. The molecule has 64 valence electrons. The second kappa shape index (κ2) is 5.89. The minimum atomic E-state index is -0.161. The maximum atomic E-state index is 10.8. The van der Waals surface area contributed by atoms with Crippen LogP contribution in [0.1, 0.15) is 39.5 Å². The first-order valence-electron chi connectivity index (χ1n) is 4.03. The first-order chi connectivity index (χ1) is 5.20. The molecule has 0 rings (SSSR count). The highest BCUT2D eigenvalue weighted by Gasteiger charge is 2.03. The number of carbonyl (C=O) groups is 2. The third-order valence-electron chi connectivity index (χ3n) is 1.23. The lowest BCUT2D eigenvalue weighted by molar-refractivity contribution is -0.130. The zero-order valence-corrected chi connectivity index (χ0v) is 7.14. The van der Waals surface area contributed by atoms with Crippen molar-refractivity contribution in [2.75, 3.05) is 0 Å². The summed E-state index contributed by atoms with van der Waals surface area (Å²) in [6.07, 6.45) is 2.45. The van der Waals surface area contributed by atoms with Gasteiger partial charge in [-0.15, -0.1) is 0 Å². The molecule has 0 unspecified atom stereocenters. The van der Waals surface area contributed by atoms with E-state index in [4.69, 9.17) is 0 Å². The average molecular weight is 157 g/mol. The van der Waals surface area contributed by atoms with Gasteiger partial charge in [0.2, 0.25) is 11.8 Å². The van der Waals surface area contributed by atoms with Crippen molar-refractivity contribution < 1.29 is 9.59 Å². The van der Waals surface area contributed by atoms with Crippen LogP contribution in [-0.4, -0.2) is 11.8 Å². The topological polar surface area (TPSA) is 46.2 Å². The largest absolute Gasteiger partial charge is 0.296 e. The fraction of sp³-hybridized carbons (Fsp3) is 0.750. The van der Waals surface area contributed by atoms with Crippen LogP contribution < -0.4 is 5.32 Å². The third kappa shape index (κ3) is 5.58. The van der Waals surface area contributed by atoms with Gasteiger partial charge in [-0.1, -0.05) is 13.8 Å². The maximum absolute atomic E-state index is 10.8. The molecule has 1 N–H and O–H groups in total. The molecule has 0 aromatic rings. The Bertz CT molecular complexity index is 127. The molecule has 0 saturated heterocycles. The van der Waals surface area contributed by atoms with E-state index < -0.39 is 0 Å². The normalized spacial score (nSPS) is 9.27. The number of rotatable bonds is 4. The van der Waals surface area contributed by atoms with Crippen LogP contribution in [0.2, 0.25) is 0 Å². The highest BCUT2D eigenvalue weighted by molar-refractivity contribution is 5.94. The average Bonchev–Trinajstić information content (AvgIpc) is 1.87. The molecule has 0 radical (unpaired) electrons. The van der Waals surface area contributed by atoms with E-state index in [9.17, 15) is 9.59 Å². The Kier molecular flexibility index (Phi) is 5.43. The molecule has 0 saturated carbocycles. The summed E-state index contributed by atoms with van der Waals surface area (Å²) in [7, 11) is 0. The van der Waals surface area contributed by atoms with E-state index in [1.165, 1.54) is 0 Å². The van der Waals surface area contributed by atoms with Gasteiger partial charge in [-0.3, -0.25) is 14.9 Å². The predicted molar refractivity (Wildman–Crippen MR) is 43.0 cm³/mol. The van der Waals surface area contributed by atoms with Crippen molar-refractivity contribution in [3.8, 4) is 0 Å². The summed E-state index contributed by atoms with van der Waals surface area (Å²) >= 11 is 0. The lowest BCUT2D eigenvalue weighted by Crippen LogP contribution is -2.29. The van der Waals surface area contributed by atoms with Crippen molar-refractivity contribution in [1.82, 2.24) is 5.32 Å². The Hall–Kier alpha value is -0.860. The van der Waals surface area contributed by atoms with Gasteiger partial charge in [-0.25, -0.2) is 0 Å². The third-order valence-corrected chi connectivity index (χ3v) is 1.23. The van der Waals surface area contributed by atoms with E-state index >= 15 is 0 Å². The Morgan fingerprint density at radius 2 is 1.36 bits per heavy atom. The van der Waals surface area contributed by atoms with Gasteiger partial charge in [0.15, 0.2) is 0 Å². The summed E-state index contributed by atoms with van der Waals surface area (Å²) in [6.45, 7) is 3.81. The van der Waals surface area contributed by atoms with Crippen LogP contribution in [0.15, 0.2) is 0 Å². The van der Waals surface area contributed by atoms with Crippen LogP contribution in [0.4, 0.5) is 0 Å². The highest BCUT2D eigenvalue weighted by Crippen LogP contribution is 1.89. The fourth-order valence-corrected chi connectivity index (χ4v) is 0.735. The first-order valence-corrected chi connectivity index (χ1v) is 4.03. The minimum Gasteiger partial charge on any atom is -0.296 e. The summed E-state index contributed by atoms with van der Waals surface area (Å²) in [4.78, 5) is 21.6. The van der Waals surface area contributed by atoms with Crippen molar-refractivity contribution >= 4 is 11.8 Å². The van der Waals surface area contributed by atoms with Crippen molar-refractivity contribution in [2.45, 2.75) is 39.5 Å². The lowest BCUT2D eigenvalue weighted by Gasteiger charge is -1.99. The standard InChI is InChI=1S/C8H15NO2/c1-3-5-7(10)9-8(11)6-4-2/h3-6H2,1-2H3,(H,9,10,11). The number of nitrogens with one attached hydrogen (secondary N) is 1. The van der Waals surface area contributed by atoms with Crippen LogP contribution in [-0.2, 0) is 9.59 Å². The molecule has 2 amide bonds. The summed E-state index contributed by atoms with van der Waals surface area (Å²) < 4.78 is 0. The number of hydrogen-bond acceptors (Lipinski definition) is 2. The van der Waals surface area contributed by atoms with Gasteiger partial charge in [-0.2, -0.15) is 0 Å². The van der Waals surface area contributed by atoms with Crippen LogP contribution in [0.25, 0.3) is 0 Å². The van der Waals surface area contributed by atoms with Crippen LogP contribution >= 0.6 is 0 Å². The quantitative estimate of drug-likeness (QED) is 0.667. The minimum absolute atomic E-state index is 0.161. The molecule has 0 aliphatic rings. The molecule has 0 bridgehead atoms.